The van der Waals surface area contributed by atoms with Crippen molar-refractivity contribution >= 4 is 5.97 Å². The predicted molar refractivity (Wildman–Crippen MR) is 48.6 cm³/mol. The van der Waals surface area contributed by atoms with Gasteiger partial charge < -0.3 is 10.8 Å². The summed E-state index contributed by atoms with van der Waals surface area (Å²) in [6.07, 6.45) is 3.78. The van der Waals surface area contributed by atoms with Gasteiger partial charge in [-0.15, -0.1) is 0 Å². The van der Waals surface area contributed by atoms with Crippen molar-refractivity contribution in [1.82, 2.24) is 0 Å². The van der Waals surface area contributed by atoms with Gasteiger partial charge in [0.15, 0.2) is 0 Å². The van der Waals surface area contributed by atoms with Crippen LogP contribution in [-0.2, 0) is 4.79 Å². The Bertz CT molecular complexity index is 171. The largest absolute Gasteiger partial charge is 0.478 e. The van der Waals surface area contributed by atoms with Crippen LogP contribution in [0.2, 0.25) is 0 Å². The Morgan fingerprint density at radius 1 is 1.50 bits per heavy atom. The summed E-state index contributed by atoms with van der Waals surface area (Å²) in [5.41, 5.74) is 5.51. The van der Waals surface area contributed by atoms with Crippen LogP contribution in [0, 0.1) is 5.92 Å². The molecule has 0 spiro atoms. The zero-order valence-electron chi connectivity index (χ0n) is 7.71. The zero-order chi connectivity index (χ0) is 9.56. The van der Waals surface area contributed by atoms with Gasteiger partial charge in [0.05, 0.1) is 5.57 Å². The van der Waals surface area contributed by atoms with E-state index in [0.717, 1.165) is 12.8 Å². The minimum Gasteiger partial charge on any atom is -0.478 e. The van der Waals surface area contributed by atoms with E-state index in [1.165, 1.54) is 6.20 Å². The summed E-state index contributed by atoms with van der Waals surface area (Å²) in [6.45, 7) is 4.12. The van der Waals surface area contributed by atoms with Gasteiger partial charge in [-0.3, -0.25) is 0 Å². The van der Waals surface area contributed by atoms with E-state index < -0.39 is 5.97 Å². The first-order valence-electron chi connectivity index (χ1n) is 4.29. The van der Waals surface area contributed by atoms with Gasteiger partial charge in [0.25, 0.3) is 0 Å². The highest BCUT2D eigenvalue weighted by Crippen LogP contribution is 2.17. The molecule has 3 heteroatoms. The first kappa shape index (κ1) is 11.0. The molecule has 12 heavy (non-hydrogen) atoms. The lowest BCUT2D eigenvalue weighted by Gasteiger charge is -2.11. The fraction of sp³-hybridized carbons (Fsp3) is 0.667. The molecule has 0 radical (unpaired) electrons. The second-order valence-corrected chi connectivity index (χ2v) is 2.88. The summed E-state index contributed by atoms with van der Waals surface area (Å²) in [7, 11) is 0. The minimum atomic E-state index is -0.899. The molecule has 0 saturated heterocycles. The van der Waals surface area contributed by atoms with E-state index in [4.69, 9.17) is 10.8 Å². The molecule has 0 aliphatic heterocycles. The van der Waals surface area contributed by atoms with Gasteiger partial charge >= 0.3 is 5.97 Å². The zero-order valence-corrected chi connectivity index (χ0v) is 7.71. The van der Waals surface area contributed by atoms with Gasteiger partial charge in [-0.2, -0.15) is 0 Å². The van der Waals surface area contributed by atoms with Gasteiger partial charge in [-0.1, -0.05) is 26.7 Å². The van der Waals surface area contributed by atoms with Crippen molar-refractivity contribution in [3.8, 4) is 0 Å². The number of hydrogen-bond acceptors (Lipinski definition) is 2. The SMILES string of the molecule is CCC(CC)CC(=CN)C(=O)O. The highest BCUT2D eigenvalue weighted by atomic mass is 16.4. The molecule has 0 aliphatic rings. The average molecular weight is 171 g/mol. The van der Waals surface area contributed by atoms with Crippen molar-refractivity contribution < 1.29 is 9.90 Å². The molecular weight excluding hydrogens is 154 g/mol. The lowest BCUT2D eigenvalue weighted by atomic mass is 9.95. The number of nitrogens with two attached hydrogens (primary N) is 1. The van der Waals surface area contributed by atoms with Crippen molar-refractivity contribution in [2.75, 3.05) is 0 Å². The van der Waals surface area contributed by atoms with Crippen LogP contribution in [0.15, 0.2) is 11.8 Å². The monoisotopic (exact) mass is 171 g/mol. The topological polar surface area (TPSA) is 63.3 Å². The van der Waals surface area contributed by atoms with Gasteiger partial charge in [0, 0.05) is 6.20 Å². The first-order chi connectivity index (χ1) is 5.65. The maximum Gasteiger partial charge on any atom is 0.333 e. The molecule has 0 aromatic carbocycles. The second kappa shape index (κ2) is 5.63. The van der Waals surface area contributed by atoms with E-state index in [2.05, 4.69) is 13.8 Å². The molecule has 0 heterocycles. The Labute approximate surface area is 73.3 Å². The van der Waals surface area contributed by atoms with Crippen molar-refractivity contribution in [3.05, 3.63) is 11.8 Å². The molecule has 0 aromatic heterocycles. The summed E-state index contributed by atoms with van der Waals surface area (Å²) < 4.78 is 0. The third-order valence-corrected chi connectivity index (χ3v) is 2.14. The Balaban J connectivity index is 4.11. The van der Waals surface area contributed by atoms with Gasteiger partial charge in [-0.05, 0) is 12.3 Å². The van der Waals surface area contributed by atoms with E-state index in [1.54, 1.807) is 0 Å². The molecule has 0 rings (SSSR count). The number of carboxylic acid groups (broad SMARTS) is 1. The van der Waals surface area contributed by atoms with Crippen LogP contribution in [0.1, 0.15) is 33.1 Å². The highest BCUT2D eigenvalue weighted by molar-refractivity contribution is 5.86. The summed E-state index contributed by atoms with van der Waals surface area (Å²) in [5.74, 6) is -0.458. The molecule has 3 N–H and O–H groups in total. The Hall–Kier alpha value is -0.990. The van der Waals surface area contributed by atoms with Crippen LogP contribution < -0.4 is 5.73 Å². The third-order valence-electron chi connectivity index (χ3n) is 2.14. The van der Waals surface area contributed by atoms with Crippen LogP contribution in [0.3, 0.4) is 0 Å². The first-order valence-corrected chi connectivity index (χ1v) is 4.29. The Morgan fingerprint density at radius 2 is 2.00 bits per heavy atom. The third kappa shape index (κ3) is 3.42. The summed E-state index contributed by atoms with van der Waals surface area (Å²) in [4.78, 5) is 10.5. The number of hydrogen-bond donors (Lipinski definition) is 2. The number of carbonyl (C=O) groups is 1. The Kier molecular flexibility index (Phi) is 5.17. The smallest absolute Gasteiger partial charge is 0.333 e. The molecule has 3 nitrogen and oxygen atoms in total. The average Bonchev–Trinajstić information content (AvgIpc) is 2.06. The van der Waals surface area contributed by atoms with Crippen LogP contribution in [0.4, 0.5) is 0 Å². The standard InChI is InChI=1S/C9H17NO2/c1-3-7(4-2)5-8(6-10)9(11)12/h6-7H,3-5,10H2,1-2H3,(H,11,12). The predicted octanol–water partition coefficient (Wildman–Crippen LogP) is 1.74. The van der Waals surface area contributed by atoms with Crippen molar-refractivity contribution in [3.63, 3.8) is 0 Å². The van der Waals surface area contributed by atoms with Crippen LogP contribution in [0.5, 0.6) is 0 Å². The fourth-order valence-corrected chi connectivity index (χ4v) is 1.11. The van der Waals surface area contributed by atoms with Gasteiger partial charge in [0.1, 0.15) is 0 Å². The van der Waals surface area contributed by atoms with Gasteiger partial charge in [0.2, 0.25) is 0 Å². The summed E-state index contributed by atoms with van der Waals surface area (Å²) in [6, 6.07) is 0. The maximum atomic E-state index is 10.5. The molecule has 0 bridgehead atoms. The maximum absolute atomic E-state index is 10.5. The molecule has 0 aromatic rings. The Morgan fingerprint density at radius 3 is 2.25 bits per heavy atom. The number of aliphatic carboxylic acids is 1. The van der Waals surface area contributed by atoms with Crippen LogP contribution in [-0.4, -0.2) is 11.1 Å². The van der Waals surface area contributed by atoms with E-state index in [9.17, 15) is 4.79 Å². The molecule has 0 fully saturated rings. The minimum absolute atomic E-state index is 0.323. The normalized spacial score (nSPS) is 12.1. The van der Waals surface area contributed by atoms with Crippen LogP contribution >= 0.6 is 0 Å². The number of rotatable bonds is 5. The molecule has 0 unspecified atom stereocenters. The quantitative estimate of drug-likeness (QED) is 0.619. The molecule has 0 amide bonds. The van der Waals surface area contributed by atoms with Gasteiger partial charge in [-0.25, -0.2) is 4.79 Å². The second-order valence-electron chi connectivity index (χ2n) is 2.88. The lowest BCUT2D eigenvalue weighted by molar-refractivity contribution is -0.132. The van der Waals surface area contributed by atoms with Crippen LogP contribution in [0.25, 0.3) is 0 Å². The summed E-state index contributed by atoms with van der Waals surface area (Å²) in [5, 5.41) is 8.66. The molecule has 0 saturated carbocycles. The molecule has 0 atom stereocenters. The van der Waals surface area contributed by atoms with Crippen molar-refractivity contribution in [2.24, 2.45) is 11.7 Å². The van der Waals surface area contributed by atoms with E-state index in [0.29, 0.717) is 17.9 Å². The number of carboxylic acids is 1. The highest BCUT2D eigenvalue weighted by Gasteiger charge is 2.11. The summed E-state index contributed by atoms with van der Waals surface area (Å²) >= 11 is 0. The fourth-order valence-electron chi connectivity index (χ4n) is 1.11. The molecule has 70 valence electrons. The van der Waals surface area contributed by atoms with E-state index >= 15 is 0 Å². The van der Waals surface area contributed by atoms with E-state index in [-0.39, 0.29) is 0 Å². The lowest BCUT2D eigenvalue weighted by Crippen LogP contribution is -2.08. The van der Waals surface area contributed by atoms with Crippen molar-refractivity contribution in [1.29, 1.82) is 0 Å². The molecule has 0 aliphatic carbocycles. The van der Waals surface area contributed by atoms with Crippen molar-refractivity contribution in [2.45, 2.75) is 33.1 Å². The molecular formula is C9H17NO2. The van der Waals surface area contributed by atoms with E-state index in [1.807, 2.05) is 0 Å².